The number of fused-ring (bicyclic) bond motifs is 1. The maximum atomic E-state index is 11.6. The third-order valence-electron chi connectivity index (χ3n) is 3.60. The average Bonchev–Trinajstić information content (AvgIpc) is 2.80. The Kier molecular flexibility index (Phi) is 3.25. The molecule has 7 nitrogen and oxygen atoms in total. The van der Waals surface area contributed by atoms with Gasteiger partial charge in [0.05, 0.1) is 6.04 Å². The van der Waals surface area contributed by atoms with Crippen LogP contribution in [-0.4, -0.2) is 59.2 Å². The number of aromatic nitrogens is 1. The molecule has 20 heavy (non-hydrogen) atoms. The number of carboxylic acids is 1. The molecule has 0 radical (unpaired) electrons. The highest BCUT2D eigenvalue weighted by atomic mass is 79.9. The smallest absolute Gasteiger partial charge is 0.339 e. The van der Waals surface area contributed by atoms with Gasteiger partial charge in [0, 0.05) is 36.8 Å². The van der Waals surface area contributed by atoms with Crippen LogP contribution < -0.4 is 10.2 Å². The zero-order valence-corrected chi connectivity index (χ0v) is 12.1. The fourth-order valence-corrected chi connectivity index (χ4v) is 2.97. The van der Waals surface area contributed by atoms with Gasteiger partial charge >= 0.3 is 12.0 Å². The van der Waals surface area contributed by atoms with Gasteiger partial charge in [-0.2, -0.15) is 0 Å². The summed E-state index contributed by atoms with van der Waals surface area (Å²) in [5.41, 5.74) is 0.171. The van der Waals surface area contributed by atoms with E-state index >= 15 is 0 Å². The number of hydrogen-bond acceptors (Lipinski definition) is 4. The molecule has 2 aliphatic rings. The maximum Gasteiger partial charge on any atom is 0.339 e. The Morgan fingerprint density at radius 2 is 2.30 bits per heavy atom. The minimum atomic E-state index is -1.00. The first kappa shape index (κ1) is 13.2. The number of hydrogen-bond donors (Lipinski definition) is 2. The lowest BCUT2D eigenvalue weighted by molar-refractivity contribution is 0.0696. The lowest BCUT2D eigenvalue weighted by atomic mass is 10.1. The van der Waals surface area contributed by atoms with Crippen molar-refractivity contribution in [3.05, 3.63) is 22.3 Å². The van der Waals surface area contributed by atoms with E-state index in [0.29, 0.717) is 36.5 Å². The van der Waals surface area contributed by atoms with E-state index in [0.717, 1.165) is 0 Å². The molecule has 1 atom stereocenters. The maximum absolute atomic E-state index is 11.6. The number of anilines is 1. The van der Waals surface area contributed by atoms with Gasteiger partial charge in [0.25, 0.3) is 0 Å². The van der Waals surface area contributed by atoms with E-state index < -0.39 is 5.97 Å². The van der Waals surface area contributed by atoms with Crippen molar-refractivity contribution in [1.29, 1.82) is 0 Å². The summed E-state index contributed by atoms with van der Waals surface area (Å²) in [4.78, 5) is 30.8. The van der Waals surface area contributed by atoms with Crippen molar-refractivity contribution < 1.29 is 14.7 Å². The van der Waals surface area contributed by atoms with Crippen LogP contribution in [0.5, 0.6) is 0 Å². The minimum absolute atomic E-state index is 0.0446. The Labute approximate surface area is 123 Å². The third-order valence-corrected chi connectivity index (χ3v) is 4.03. The van der Waals surface area contributed by atoms with Gasteiger partial charge in [-0.05, 0) is 22.0 Å². The number of carbonyl (C=O) groups is 2. The first-order valence-electron chi connectivity index (χ1n) is 6.24. The summed E-state index contributed by atoms with van der Waals surface area (Å²) < 4.78 is 0.634. The zero-order chi connectivity index (χ0) is 14.3. The molecule has 0 bridgehead atoms. The monoisotopic (exact) mass is 340 g/mol. The highest BCUT2D eigenvalue weighted by Gasteiger charge is 2.36. The first-order valence-corrected chi connectivity index (χ1v) is 7.04. The van der Waals surface area contributed by atoms with Crippen LogP contribution in [0.15, 0.2) is 16.7 Å². The van der Waals surface area contributed by atoms with Crippen LogP contribution in [0.3, 0.4) is 0 Å². The van der Waals surface area contributed by atoms with Crippen LogP contribution in [-0.2, 0) is 0 Å². The molecule has 0 saturated carbocycles. The second-order valence-electron chi connectivity index (χ2n) is 4.81. The fraction of sp³-hybridized carbons (Fsp3) is 0.417. The number of pyridine rings is 1. The number of aromatic carboxylic acids is 1. The van der Waals surface area contributed by atoms with E-state index in [2.05, 4.69) is 26.2 Å². The Hall–Kier alpha value is -1.83. The van der Waals surface area contributed by atoms with Crippen molar-refractivity contribution in [3.8, 4) is 0 Å². The quantitative estimate of drug-likeness (QED) is 0.829. The second-order valence-corrected chi connectivity index (χ2v) is 5.72. The topological polar surface area (TPSA) is 85.8 Å². The molecule has 3 heterocycles. The van der Waals surface area contributed by atoms with Crippen molar-refractivity contribution in [1.82, 2.24) is 15.2 Å². The second kappa shape index (κ2) is 4.93. The molecule has 0 aliphatic carbocycles. The third kappa shape index (κ3) is 2.20. The average molecular weight is 341 g/mol. The minimum Gasteiger partial charge on any atom is -0.478 e. The highest BCUT2D eigenvalue weighted by molar-refractivity contribution is 9.10. The summed E-state index contributed by atoms with van der Waals surface area (Å²) >= 11 is 3.23. The van der Waals surface area contributed by atoms with Gasteiger partial charge in [-0.3, -0.25) is 0 Å². The fourth-order valence-electron chi connectivity index (χ4n) is 2.64. The van der Waals surface area contributed by atoms with Gasteiger partial charge in [0.1, 0.15) is 11.4 Å². The van der Waals surface area contributed by atoms with Crippen LogP contribution >= 0.6 is 15.9 Å². The summed E-state index contributed by atoms with van der Waals surface area (Å²) in [6.07, 6.45) is 1.59. The molecular weight excluding hydrogens is 328 g/mol. The number of piperazine rings is 1. The molecule has 106 valence electrons. The first-order chi connectivity index (χ1) is 9.56. The van der Waals surface area contributed by atoms with E-state index in [1.165, 1.54) is 0 Å². The van der Waals surface area contributed by atoms with Gasteiger partial charge in [-0.1, -0.05) is 0 Å². The summed E-state index contributed by atoms with van der Waals surface area (Å²) in [6, 6.07) is 1.58. The van der Waals surface area contributed by atoms with Crippen molar-refractivity contribution >= 4 is 33.7 Å². The largest absolute Gasteiger partial charge is 0.478 e. The van der Waals surface area contributed by atoms with Crippen molar-refractivity contribution in [2.75, 3.05) is 31.1 Å². The van der Waals surface area contributed by atoms with Gasteiger partial charge in [-0.15, -0.1) is 0 Å². The number of carbonyl (C=O) groups excluding carboxylic acids is 1. The molecule has 8 heteroatoms. The normalized spacial score (nSPS) is 21.6. The summed E-state index contributed by atoms with van der Waals surface area (Å²) in [7, 11) is 0. The number of urea groups is 1. The van der Waals surface area contributed by atoms with Crippen LogP contribution in [0, 0.1) is 0 Å². The van der Waals surface area contributed by atoms with Gasteiger partial charge < -0.3 is 20.2 Å². The SMILES string of the molecule is O=C(O)c1cc(Br)cnc1N1CCN2C(=O)NCC2C1. The number of rotatable bonds is 2. The molecular formula is C12H13BrN4O3. The van der Waals surface area contributed by atoms with E-state index in [9.17, 15) is 14.7 Å². The predicted octanol–water partition coefficient (Wildman–Crippen LogP) is 0.756. The Morgan fingerprint density at radius 3 is 3.05 bits per heavy atom. The molecule has 1 aromatic heterocycles. The van der Waals surface area contributed by atoms with Crippen molar-refractivity contribution in [2.24, 2.45) is 0 Å². The molecule has 0 spiro atoms. The van der Waals surface area contributed by atoms with E-state index in [-0.39, 0.29) is 17.6 Å². The molecule has 2 amide bonds. The zero-order valence-electron chi connectivity index (χ0n) is 10.5. The van der Waals surface area contributed by atoms with Crippen molar-refractivity contribution in [3.63, 3.8) is 0 Å². The number of halogens is 1. The van der Waals surface area contributed by atoms with Crippen LogP contribution in [0.25, 0.3) is 0 Å². The van der Waals surface area contributed by atoms with Crippen LogP contribution in [0.2, 0.25) is 0 Å². The van der Waals surface area contributed by atoms with E-state index in [1.54, 1.807) is 17.2 Å². The van der Waals surface area contributed by atoms with E-state index in [4.69, 9.17) is 0 Å². The Bertz CT molecular complexity index is 580. The van der Waals surface area contributed by atoms with Gasteiger partial charge in [0.2, 0.25) is 0 Å². The van der Waals surface area contributed by atoms with E-state index in [1.807, 2.05) is 4.90 Å². The molecule has 2 fully saturated rings. The number of carboxylic acid groups (broad SMARTS) is 1. The highest BCUT2D eigenvalue weighted by Crippen LogP contribution is 2.25. The molecule has 2 aliphatic heterocycles. The molecule has 3 rings (SSSR count). The Balaban J connectivity index is 1.87. The molecule has 1 aromatic rings. The lowest BCUT2D eigenvalue weighted by Crippen LogP contribution is -2.52. The summed E-state index contributed by atoms with van der Waals surface area (Å²) in [5, 5.41) is 12.1. The van der Waals surface area contributed by atoms with Crippen molar-refractivity contribution in [2.45, 2.75) is 6.04 Å². The van der Waals surface area contributed by atoms with Gasteiger partial charge in [-0.25, -0.2) is 14.6 Å². The molecule has 0 aromatic carbocycles. The summed E-state index contributed by atoms with van der Waals surface area (Å²) in [5.74, 6) is -0.545. The molecule has 2 N–H and O–H groups in total. The molecule has 2 saturated heterocycles. The number of nitrogens with one attached hydrogen (secondary N) is 1. The number of amides is 2. The lowest BCUT2D eigenvalue weighted by Gasteiger charge is -2.37. The predicted molar refractivity (Wildman–Crippen MR) is 75.0 cm³/mol. The standard InChI is InChI=1S/C12H13BrN4O3/c13-7-3-9(11(18)19)10(14-4-7)16-1-2-17-8(6-16)5-15-12(17)20/h3-4,8H,1-2,5-6H2,(H,15,20)(H,18,19). The molecule has 1 unspecified atom stereocenters. The van der Waals surface area contributed by atoms with Crippen LogP contribution in [0.1, 0.15) is 10.4 Å². The van der Waals surface area contributed by atoms with Gasteiger partial charge in [0.15, 0.2) is 0 Å². The van der Waals surface area contributed by atoms with Crippen LogP contribution in [0.4, 0.5) is 10.6 Å². The summed E-state index contributed by atoms with van der Waals surface area (Å²) in [6.45, 7) is 2.34. The Morgan fingerprint density at radius 1 is 1.50 bits per heavy atom. The number of nitrogens with zero attached hydrogens (tertiary/aromatic N) is 3.